The van der Waals surface area contributed by atoms with Crippen molar-refractivity contribution in [3.8, 4) is 5.82 Å². The summed E-state index contributed by atoms with van der Waals surface area (Å²) >= 11 is 0. The molecule has 0 fully saturated rings. The third-order valence-electron chi connectivity index (χ3n) is 4.03. The highest BCUT2D eigenvalue weighted by molar-refractivity contribution is 5.83. The van der Waals surface area contributed by atoms with Crippen LogP contribution in [0.5, 0.6) is 0 Å². The summed E-state index contributed by atoms with van der Waals surface area (Å²) in [5.41, 5.74) is 5.66. The van der Waals surface area contributed by atoms with Crippen LogP contribution in [0, 0.1) is 20.8 Å². The molecule has 0 spiro atoms. The van der Waals surface area contributed by atoms with Crippen LogP contribution in [-0.4, -0.2) is 21.8 Å². The van der Waals surface area contributed by atoms with Gasteiger partial charge in [-0.05, 0) is 51.1 Å². The molecule has 0 aliphatic rings. The van der Waals surface area contributed by atoms with Gasteiger partial charge in [-0.1, -0.05) is 18.2 Å². The lowest BCUT2D eigenvalue weighted by molar-refractivity contribution is 0.793. The van der Waals surface area contributed by atoms with Gasteiger partial charge in [-0.3, -0.25) is 0 Å². The molecule has 0 bridgehead atoms. The summed E-state index contributed by atoms with van der Waals surface area (Å²) in [5.74, 6) is 0.882. The second-order valence-electron chi connectivity index (χ2n) is 5.39. The SMILES string of the molecule is CNCc1cc(-n2nc(C)c(C)c2C)nc2ccccc12. The van der Waals surface area contributed by atoms with Crippen molar-refractivity contribution < 1.29 is 0 Å². The van der Waals surface area contributed by atoms with Gasteiger partial charge in [-0.2, -0.15) is 5.10 Å². The quantitative estimate of drug-likeness (QED) is 0.802. The molecular weight excluding hydrogens is 260 g/mol. The zero-order chi connectivity index (χ0) is 15.0. The molecule has 4 heteroatoms. The van der Waals surface area contributed by atoms with Crippen molar-refractivity contribution in [3.05, 3.63) is 52.8 Å². The molecule has 0 saturated heterocycles. The monoisotopic (exact) mass is 280 g/mol. The van der Waals surface area contributed by atoms with Gasteiger partial charge in [0.25, 0.3) is 0 Å². The predicted molar refractivity (Wildman–Crippen MR) is 85.8 cm³/mol. The zero-order valence-corrected chi connectivity index (χ0v) is 12.9. The van der Waals surface area contributed by atoms with Crippen LogP contribution in [0.4, 0.5) is 0 Å². The Bertz CT molecular complexity index is 802. The van der Waals surface area contributed by atoms with E-state index in [0.717, 1.165) is 29.3 Å². The molecule has 108 valence electrons. The van der Waals surface area contributed by atoms with E-state index < -0.39 is 0 Å². The summed E-state index contributed by atoms with van der Waals surface area (Å²) < 4.78 is 1.94. The molecule has 4 nitrogen and oxygen atoms in total. The van der Waals surface area contributed by atoms with Crippen LogP contribution in [0.2, 0.25) is 0 Å². The molecule has 0 saturated carbocycles. The molecule has 0 radical (unpaired) electrons. The van der Waals surface area contributed by atoms with E-state index in [1.54, 1.807) is 0 Å². The van der Waals surface area contributed by atoms with Crippen LogP contribution in [0.3, 0.4) is 0 Å². The molecule has 21 heavy (non-hydrogen) atoms. The Labute approximate surface area is 124 Å². The number of para-hydroxylation sites is 1. The van der Waals surface area contributed by atoms with Gasteiger partial charge in [0.2, 0.25) is 0 Å². The fourth-order valence-electron chi connectivity index (χ4n) is 2.62. The lowest BCUT2D eigenvalue weighted by atomic mass is 10.1. The summed E-state index contributed by atoms with van der Waals surface area (Å²) in [6.07, 6.45) is 0. The van der Waals surface area contributed by atoms with Crippen LogP contribution >= 0.6 is 0 Å². The Morgan fingerprint density at radius 2 is 1.90 bits per heavy atom. The summed E-state index contributed by atoms with van der Waals surface area (Å²) in [6, 6.07) is 10.4. The third kappa shape index (κ3) is 2.32. The van der Waals surface area contributed by atoms with Crippen LogP contribution in [0.15, 0.2) is 30.3 Å². The van der Waals surface area contributed by atoms with Gasteiger partial charge < -0.3 is 5.32 Å². The molecule has 1 N–H and O–H groups in total. The molecule has 3 rings (SSSR count). The van der Waals surface area contributed by atoms with Gasteiger partial charge in [0, 0.05) is 17.6 Å². The number of rotatable bonds is 3. The van der Waals surface area contributed by atoms with Crippen LogP contribution in [-0.2, 0) is 6.54 Å². The number of hydrogen-bond donors (Lipinski definition) is 1. The fraction of sp³-hybridized carbons (Fsp3) is 0.294. The van der Waals surface area contributed by atoms with Crippen molar-refractivity contribution in [2.24, 2.45) is 0 Å². The Morgan fingerprint density at radius 3 is 2.57 bits per heavy atom. The topological polar surface area (TPSA) is 42.7 Å². The molecular formula is C17H20N4. The number of benzene rings is 1. The van der Waals surface area contributed by atoms with E-state index in [0.29, 0.717) is 0 Å². The van der Waals surface area contributed by atoms with Gasteiger partial charge in [0.15, 0.2) is 5.82 Å². The van der Waals surface area contributed by atoms with Gasteiger partial charge >= 0.3 is 0 Å². The molecule has 0 atom stereocenters. The minimum atomic E-state index is 0.814. The van der Waals surface area contributed by atoms with Crippen molar-refractivity contribution in [3.63, 3.8) is 0 Å². The van der Waals surface area contributed by atoms with E-state index in [9.17, 15) is 0 Å². The van der Waals surface area contributed by atoms with Crippen molar-refractivity contribution >= 4 is 10.9 Å². The summed E-state index contributed by atoms with van der Waals surface area (Å²) in [7, 11) is 1.96. The Hall–Kier alpha value is -2.20. The average Bonchev–Trinajstić information content (AvgIpc) is 2.75. The number of fused-ring (bicyclic) bond motifs is 1. The lowest BCUT2D eigenvalue weighted by Gasteiger charge is -2.10. The first-order valence-corrected chi connectivity index (χ1v) is 7.18. The number of aryl methyl sites for hydroxylation is 1. The van der Waals surface area contributed by atoms with E-state index in [-0.39, 0.29) is 0 Å². The maximum Gasteiger partial charge on any atom is 0.154 e. The highest BCUT2D eigenvalue weighted by Gasteiger charge is 2.12. The van der Waals surface area contributed by atoms with Crippen molar-refractivity contribution in [1.82, 2.24) is 20.1 Å². The van der Waals surface area contributed by atoms with E-state index in [1.165, 1.54) is 16.5 Å². The second kappa shape index (κ2) is 5.30. The molecule has 2 heterocycles. The van der Waals surface area contributed by atoms with Crippen LogP contribution in [0.1, 0.15) is 22.5 Å². The summed E-state index contributed by atoms with van der Waals surface area (Å²) in [5, 5.41) is 9.04. The van der Waals surface area contributed by atoms with E-state index in [4.69, 9.17) is 4.98 Å². The molecule has 0 aliphatic heterocycles. The molecule has 0 aliphatic carbocycles. The van der Waals surface area contributed by atoms with Crippen molar-refractivity contribution in [1.29, 1.82) is 0 Å². The molecule has 2 aromatic heterocycles. The van der Waals surface area contributed by atoms with E-state index >= 15 is 0 Å². The number of pyridine rings is 1. The summed E-state index contributed by atoms with van der Waals surface area (Å²) in [4.78, 5) is 4.78. The fourth-order valence-corrected chi connectivity index (χ4v) is 2.62. The van der Waals surface area contributed by atoms with Crippen molar-refractivity contribution in [2.45, 2.75) is 27.3 Å². The van der Waals surface area contributed by atoms with Gasteiger partial charge in [0.05, 0.1) is 11.2 Å². The first-order valence-electron chi connectivity index (χ1n) is 7.18. The number of aromatic nitrogens is 3. The number of nitrogens with one attached hydrogen (secondary N) is 1. The largest absolute Gasteiger partial charge is 0.316 e. The highest BCUT2D eigenvalue weighted by Crippen LogP contribution is 2.22. The maximum atomic E-state index is 4.78. The minimum Gasteiger partial charge on any atom is -0.316 e. The van der Waals surface area contributed by atoms with Gasteiger partial charge in [0.1, 0.15) is 0 Å². The molecule has 0 unspecified atom stereocenters. The standard InChI is InChI=1S/C17H20N4/c1-11-12(2)20-21(13(11)3)17-9-14(10-18-4)15-7-5-6-8-16(15)19-17/h5-9,18H,10H2,1-4H3. The highest BCUT2D eigenvalue weighted by atomic mass is 15.3. The Kier molecular flexibility index (Phi) is 3.47. The third-order valence-corrected chi connectivity index (χ3v) is 4.03. The summed E-state index contributed by atoms with van der Waals surface area (Å²) in [6.45, 7) is 7.04. The normalized spacial score (nSPS) is 11.2. The smallest absolute Gasteiger partial charge is 0.154 e. The van der Waals surface area contributed by atoms with Gasteiger partial charge in [-0.15, -0.1) is 0 Å². The molecule has 0 amide bonds. The average molecular weight is 280 g/mol. The van der Waals surface area contributed by atoms with Gasteiger partial charge in [-0.25, -0.2) is 9.67 Å². The minimum absolute atomic E-state index is 0.814. The number of nitrogens with zero attached hydrogens (tertiary/aromatic N) is 3. The van der Waals surface area contributed by atoms with Crippen molar-refractivity contribution in [2.75, 3.05) is 7.05 Å². The van der Waals surface area contributed by atoms with E-state index in [1.807, 2.05) is 24.7 Å². The zero-order valence-electron chi connectivity index (χ0n) is 12.9. The molecule has 1 aromatic carbocycles. The van der Waals surface area contributed by atoms with Crippen LogP contribution < -0.4 is 5.32 Å². The number of hydrogen-bond acceptors (Lipinski definition) is 3. The molecule has 3 aromatic rings. The predicted octanol–water partition coefficient (Wildman–Crippen LogP) is 3.07. The Morgan fingerprint density at radius 1 is 1.14 bits per heavy atom. The first-order chi connectivity index (χ1) is 10.1. The first kappa shape index (κ1) is 13.8. The lowest BCUT2D eigenvalue weighted by Crippen LogP contribution is -2.09. The maximum absolute atomic E-state index is 4.78. The second-order valence-corrected chi connectivity index (χ2v) is 5.39. The Balaban J connectivity index is 2.25. The van der Waals surface area contributed by atoms with E-state index in [2.05, 4.69) is 48.5 Å². The van der Waals surface area contributed by atoms with Crippen LogP contribution in [0.25, 0.3) is 16.7 Å².